The van der Waals surface area contributed by atoms with Gasteiger partial charge in [0.25, 0.3) is 10.0 Å². The molecular formula is C13H16N4O3S. The second-order valence-corrected chi connectivity index (χ2v) is 5.68. The van der Waals surface area contributed by atoms with Crippen LogP contribution in [0.1, 0.15) is 6.92 Å². The third-order valence-electron chi connectivity index (χ3n) is 2.59. The van der Waals surface area contributed by atoms with Crippen LogP contribution < -0.4 is 14.8 Å². The van der Waals surface area contributed by atoms with E-state index in [1.54, 1.807) is 24.3 Å². The van der Waals surface area contributed by atoms with Gasteiger partial charge in [-0.3, -0.25) is 4.72 Å². The highest BCUT2D eigenvalue weighted by molar-refractivity contribution is 7.92. The SMILES string of the molecule is CCNc1cccnc1S(=O)(=O)Nc1ccc(OC)nc1. The van der Waals surface area contributed by atoms with Crippen LogP contribution >= 0.6 is 0 Å². The number of pyridine rings is 2. The summed E-state index contributed by atoms with van der Waals surface area (Å²) in [7, 11) is -2.30. The van der Waals surface area contributed by atoms with Gasteiger partial charge in [-0.1, -0.05) is 0 Å². The van der Waals surface area contributed by atoms with Crippen molar-refractivity contribution in [2.75, 3.05) is 23.7 Å². The summed E-state index contributed by atoms with van der Waals surface area (Å²) in [6.45, 7) is 2.47. The third-order valence-corrected chi connectivity index (χ3v) is 3.93. The molecule has 112 valence electrons. The lowest BCUT2D eigenvalue weighted by Gasteiger charge is -2.11. The molecule has 0 aromatic carbocycles. The van der Waals surface area contributed by atoms with Crippen LogP contribution in [0.15, 0.2) is 41.7 Å². The van der Waals surface area contributed by atoms with Gasteiger partial charge in [0, 0.05) is 18.8 Å². The minimum absolute atomic E-state index is 0.0531. The summed E-state index contributed by atoms with van der Waals surface area (Å²) in [4.78, 5) is 7.89. The van der Waals surface area contributed by atoms with Gasteiger partial charge in [-0.15, -0.1) is 0 Å². The van der Waals surface area contributed by atoms with Crippen molar-refractivity contribution in [3.8, 4) is 5.88 Å². The Bertz CT molecular complexity index is 702. The fraction of sp³-hybridized carbons (Fsp3) is 0.231. The van der Waals surface area contributed by atoms with Crippen LogP contribution in [0.4, 0.5) is 11.4 Å². The second-order valence-electron chi connectivity index (χ2n) is 4.08. The average molecular weight is 308 g/mol. The first kappa shape index (κ1) is 15.0. The van der Waals surface area contributed by atoms with Gasteiger partial charge in [-0.2, -0.15) is 8.42 Å². The molecule has 2 N–H and O–H groups in total. The third kappa shape index (κ3) is 3.60. The first-order valence-electron chi connectivity index (χ1n) is 6.28. The van der Waals surface area contributed by atoms with E-state index in [1.165, 1.54) is 19.5 Å². The molecule has 0 amide bonds. The Morgan fingerprint density at radius 2 is 2.05 bits per heavy atom. The molecule has 0 aliphatic heterocycles. The summed E-state index contributed by atoms with van der Waals surface area (Å²) in [6, 6.07) is 6.48. The smallest absolute Gasteiger partial charge is 0.281 e. The van der Waals surface area contributed by atoms with E-state index >= 15 is 0 Å². The number of methoxy groups -OCH3 is 1. The largest absolute Gasteiger partial charge is 0.481 e. The lowest BCUT2D eigenvalue weighted by molar-refractivity contribution is 0.398. The zero-order chi connectivity index (χ0) is 15.3. The highest BCUT2D eigenvalue weighted by Crippen LogP contribution is 2.21. The first-order valence-corrected chi connectivity index (χ1v) is 7.77. The fourth-order valence-corrected chi connectivity index (χ4v) is 2.85. The Morgan fingerprint density at radius 1 is 1.24 bits per heavy atom. The van der Waals surface area contributed by atoms with Crippen molar-refractivity contribution in [3.05, 3.63) is 36.7 Å². The summed E-state index contributed by atoms with van der Waals surface area (Å²) in [5, 5.41) is 2.92. The quantitative estimate of drug-likeness (QED) is 0.844. The number of nitrogens with one attached hydrogen (secondary N) is 2. The molecule has 0 aliphatic rings. The highest BCUT2D eigenvalue weighted by atomic mass is 32.2. The van der Waals surface area contributed by atoms with E-state index in [9.17, 15) is 8.42 Å². The summed E-state index contributed by atoms with van der Waals surface area (Å²) < 4.78 is 32.1. The van der Waals surface area contributed by atoms with E-state index in [4.69, 9.17) is 4.74 Å². The lowest BCUT2D eigenvalue weighted by atomic mass is 10.4. The minimum Gasteiger partial charge on any atom is -0.481 e. The molecule has 7 nitrogen and oxygen atoms in total. The van der Waals surface area contributed by atoms with E-state index in [0.717, 1.165) is 0 Å². The van der Waals surface area contributed by atoms with Crippen molar-refractivity contribution in [3.63, 3.8) is 0 Å². The molecule has 0 atom stereocenters. The van der Waals surface area contributed by atoms with Crippen LogP contribution in [-0.2, 0) is 10.0 Å². The monoisotopic (exact) mass is 308 g/mol. The number of nitrogens with zero attached hydrogens (tertiary/aromatic N) is 2. The Morgan fingerprint density at radius 3 is 2.67 bits per heavy atom. The predicted octanol–water partition coefficient (Wildman–Crippen LogP) is 1.72. The molecule has 0 spiro atoms. The molecule has 0 saturated carbocycles. The van der Waals surface area contributed by atoms with E-state index in [0.29, 0.717) is 23.8 Å². The van der Waals surface area contributed by atoms with Crippen molar-refractivity contribution >= 4 is 21.4 Å². The molecule has 0 saturated heterocycles. The van der Waals surface area contributed by atoms with Crippen LogP contribution in [-0.4, -0.2) is 32.0 Å². The van der Waals surface area contributed by atoms with Gasteiger partial charge >= 0.3 is 0 Å². The summed E-state index contributed by atoms with van der Waals surface area (Å²) >= 11 is 0. The lowest BCUT2D eigenvalue weighted by Crippen LogP contribution is -2.17. The van der Waals surface area contributed by atoms with Crippen molar-refractivity contribution in [1.82, 2.24) is 9.97 Å². The van der Waals surface area contributed by atoms with Gasteiger partial charge in [-0.25, -0.2) is 9.97 Å². The summed E-state index contributed by atoms with van der Waals surface area (Å²) in [5.74, 6) is 0.407. The van der Waals surface area contributed by atoms with Crippen molar-refractivity contribution < 1.29 is 13.2 Å². The van der Waals surface area contributed by atoms with Gasteiger partial charge in [0.15, 0.2) is 5.03 Å². The van der Waals surface area contributed by atoms with E-state index in [2.05, 4.69) is 20.0 Å². The number of rotatable bonds is 6. The number of anilines is 2. The normalized spacial score (nSPS) is 11.0. The van der Waals surface area contributed by atoms with Gasteiger partial charge in [0.1, 0.15) is 0 Å². The molecule has 0 bridgehead atoms. The van der Waals surface area contributed by atoms with Crippen molar-refractivity contribution in [2.24, 2.45) is 0 Å². The highest BCUT2D eigenvalue weighted by Gasteiger charge is 2.20. The minimum atomic E-state index is -3.79. The Hall–Kier alpha value is -2.35. The number of hydrogen-bond donors (Lipinski definition) is 2. The molecule has 0 unspecified atom stereocenters. The Labute approximate surface area is 123 Å². The molecule has 2 aromatic heterocycles. The van der Waals surface area contributed by atoms with Gasteiger partial charge < -0.3 is 10.1 Å². The van der Waals surface area contributed by atoms with Crippen molar-refractivity contribution in [1.29, 1.82) is 0 Å². The van der Waals surface area contributed by atoms with E-state index in [-0.39, 0.29) is 5.03 Å². The maximum atomic E-state index is 12.4. The van der Waals surface area contributed by atoms with Gasteiger partial charge in [-0.05, 0) is 25.1 Å². The molecule has 8 heteroatoms. The zero-order valence-electron chi connectivity index (χ0n) is 11.7. The standard InChI is InChI=1S/C13H16N4O3S/c1-3-14-11-5-4-8-15-13(11)21(18,19)17-10-6-7-12(20-2)16-9-10/h4-9,14,17H,3H2,1-2H3. The molecular weight excluding hydrogens is 292 g/mol. The fourth-order valence-electron chi connectivity index (χ4n) is 1.69. The first-order chi connectivity index (χ1) is 10.1. The number of hydrogen-bond acceptors (Lipinski definition) is 6. The zero-order valence-corrected chi connectivity index (χ0v) is 12.5. The summed E-state index contributed by atoms with van der Waals surface area (Å²) in [5.41, 5.74) is 0.790. The topological polar surface area (TPSA) is 93.2 Å². The number of ether oxygens (including phenoxy) is 1. The molecule has 0 radical (unpaired) electrons. The van der Waals surface area contributed by atoms with Gasteiger partial charge in [0.2, 0.25) is 5.88 Å². The van der Waals surface area contributed by atoms with Crippen LogP contribution in [0.5, 0.6) is 5.88 Å². The van der Waals surface area contributed by atoms with Crippen LogP contribution in [0.2, 0.25) is 0 Å². The number of aromatic nitrogens is 2. The molecule has 2 heterocycles. The van der Waals surface area contributed by atoms with Crippen LogP contribution in [0, 0.1) is 0 Å². The predicted molar refractivity (Wildman–Crippen MR) is 80.0 cm³/mol. The van der Waals surface area contributed by atoms with Gasteiger partial charge in [0.05, 0.1) is 24.7 Å². The molecule has 2 aromatic rings. The summed E-state index contributed by atoms with van der Waals surface area (Å²) in [6.07, 6.45) is 2.81. The average Bonchev–Trinajstić information content (AvgIpc) is 2.48. The Kier molecular flexibility index (Phi) is 4.59. The Balaban J connectivity index is 2.29. The van der Waals surface area contributed by atoms with Crippen molar-refractivity contribution in [2.45, 2.75) is 11.9 Å². The second kappa shape index (κ2) is 6.40. The van der Waals surface area contributed by atoms with E-state index in [1.807, 2.05) is 6.92 Å². The number of sulfonamides is 1. The molecule has 21 heavy (non-hydrogen) atoms. The molecule has 0 fully saturated rings. The maximum Gasteiger partial charge on any atom is 0.281 e. The molecule has 2 rings (SSSR count). The van der Waals surface area contributed by atoms with Crippen LogP contribution in [0.25, 0.3) is 0 Å². The van der Waals surface area contributed by atoms with Crippen LogP contribution in [0.3, 0.4) is 0 Å². The molecule has 0 aliphatic carbocycles. The maximum absolute atomic E-state index is 12.4. The van der Waals surface area contributed by atoms with E-state index < -0.39 is 10.0 Å².